The number of likely N-dealkylation sites (tertiary alicyclic amines) is 1. The Morgan fingerprint density at radius 3 is 1.95 bits per heavy atom. The van der Waals surface area contributed by atoms with Gasteiger partial charge in [-0.2, -0.15) is 0 Å². The van der Waals surface area contributed by atoms with Gasteiger partial charge in [0.15, 0.2) is 5.25 Å². The minimum atomic E-state index is -0.814. The molecule has 1 saturated heterocycles. The van der Waals surface area contributed by atoms with Gasteiger partial charge in [-0.25, -0.2) is 0 Å². The van der Waals surface area contributed by atoms with Crippen molar-refractivity contribution in [1.29, 1.82) is 0 Å². The maximum absolute atomic E-state index is 11.3. The van der Waals surface area contributed by atoms with Gasteiger partial charge in [0.1, 0.15) is 24.9 Å². The fraction of sp³-hybridized carbons (Fsp3) is 0.738. The fourth-order valence-electron chi connectivity index (χ4n) is 6.20. The van der Waals surface area contributed by atoms with Crippen molar-refractivity contribution >= 4 is 42.5 Å². The molecule has 3 N–H and O–H groups in total. The maximum atomic E-state index is 11.3. The number of amides is 1. The van der Waals surface area contributed by atoms with Crippen molar-refractivity contribution in [2.45, 2.75) is 123 Å². The number of benzene rings is 1. The number of hydrogen-bond acceptors (Lipinski definition) is 10. The Morgan fingerprint density at radius 2 is 1.60 bits per heavy atom. The van der Waals surface area contributed by atoms with Gasteiger partial charge in [0, 0.05) is 44.6 Å². The van der Waals surface area contributed by atoms with Crippen molar-refractivity contribution in [1.82, 2.24) is 20.4 Å². The molecule has 1 aliphatic rings. The van der Waals surface area contributed by atoms with Crippen molar-refractivity contribution < 1.29 is 38.6 Å². The summed E-state index contributed by atoms with van der Waals surface area (Å²) in [6.07, 6.45) is 10.3. The standard InChI is InChI=1S/C11H23NO2.C10H19NO2.C10H13NO2.C8H15NO2S.C3H8/c1-6-9(2)11(12(3)4)10(14-5)7-8-13;1-8(7-12)10(13-3)9-5-4-6-11(9)2;1-11-9(10(12)13)7-8-5-3-2-4-6-8;1-6(2)7(12-3)8(11)9-4-5-10;1-3-2/h8-11H,6-7H2,1-5H3;7-10H,4-6H2,1-3H3;2-6,9,11H,7H2,1H3,(H,12,13);5-7H,4H2,1-3H3,(H,9,11);3H2,1-2H3/p+1. The van der Waals surface area contributed by atoms with Crippen molar-refractivity contribution in [2.75, 3.05) is 61.8 Å². The van der Waals surface area contributed by atoms with Gasteiger partial charge in [0.05, 0.1) is 25.0 Å². The molecule has 8 atom stereocenters. The van der Waals surface area contributed by atoms with Crippen LogP contribution in [0.15, 0.2) is 30.3 Å². The summed E-state index contributed by atoms with van der Waals surface area (Å²) in [6.45, 7) is 15.8. The van der Waals surface area contributed by atoms with Crippen LogP contribution in [-0.4, -0.2) is 143 Å². The molecule has 320 valence electrons. The topological polar surface area (TPSA) is 155 Å². The summed E-state index contributed by atoms with van der Waals surface area (Å²) in [5, 5.41) is 14.1. The number of carboxylic acid groups (broad SMARTS) is 1. The molecule has 0 radical (unpaired) electrons. The first-order valence-electron chi connectivity index (χ1n) is 19.6. The molecule has 0 bridgehead atoms. The SMILES string of the molecule is CCC.CCC(C)C(C(CC=O)OC)N(C)C.CNC(Cc1ccccc1)C(=O)O.COC(C(C)C=O)C1CCCN1C.C[SH+]C(C(=O)NCC=O)C(C)C. The first-order chi connectivity index (χ1) is 26.1. The number of nitrogens with one attached hydrogen (secondary N) is 2. The van der Waals surface area contributed by atoms with Crippen molar-refractivity contribution in [3.63, 3.8) is 0 Å². The van der Waals surface area contributed by atoms with Gasteiger partial charge in [0.25, 0.3) is 5.91 Å². The Labute approximate surface area is 338 Å². The third-order valence-corrected chi connectivity index (χ3v) is 10.7. The molecular formula is C42H79N4O8S+. The Balaban J connectivity index is -0.000000640. The lowest BCUT2D eigenvalue weighted by atomic mass is 9.92. The van der Waals surface area contributed by atoms with Gasteiger partial charge < -0.3 is 49.4 Å². The third-order valence-electron chi connectivity index (χ3n) is 9.26. The third kappa shape index (κ3) is 25.2. The molecule has 1 fully saturated rings. The first kappa shape index (κ1) is 56.6. The zero-order valence-corrected chi connectivity index (χ0v) is 37.5. The zero-order valence-electron chi connectivity index (χ0n) is 36.6. The second-order valence-electron chi connectivity index (χ2n) is 14.3. The van der Waals surface area contributed by atoms with Gasteiger partial charge in [-0.1, -0.05) is 91.6 Å². The molecule has 0 spiro atoms. The zero-order chi connectivity index (χ0) is 42.9. The van der Waals surface area contributed by atoms with Crippen LogP contribution >= 0.6 is 0 Å². The number of ether oxygens (including phenoxy) is 2. The van der Waals surface area contributed by atoms with Gasteiger partial charge in [-0.15, -0.1) is 0 Å². The predicted molar refractivity (Wildman–Crippen MR) is 229 cm³/mol. The molecule has 0 saturated carbocycles. The lowest BCUT2D eigenvalue weighted by Gasteiger charge is -2.34. The van der Waals surface area contributed by atoms with E-state index >= 15 is 0 Å². The quantitative estimate of drug-likeness (QED) is 0.0965. The van der Waals surface area contributed by atoms with Crippen LogP contribution in [0.4, 0.5) is 0 Å². The molecule has 13 heteroatoms. The summed E-state index contributed by atoms with van der Waals surface area (Å²) in [5.74, 6) is 0.0152. The number of nitrogens with zero attached hydrogens (tertiary/aromatic N) is 2. The number of carbonyl (C=O) groups excluding carboxylic acids is 4. The highest BCUT2D eigenvalue weighted by Crippen LogP contribution is 2.23. The number of carbonyl (C=O) groups is 5. The van der Waals surface area contributed by atoms with E-state index in [-0.39, 0.29) is 35.8 Å². The second kappa shape index (κ2) is 35.7. The van der Waals surface area contributed by atoms with E-state index in [1.54, 1.807) is 21.3 Å². The van der Waals surface area contributed by atoms with Crippen LogP contribution in [-0.2, 0) is 51.6 Å². The normalized spacial score (nSPS) is 17.3. The number of aliphatic carboxylic acids is 1. The number of hydrogen-bond donors (Lipinski definition) is 3. The highest BCUT2D eigenvalue weighted by Gasteiger charge is 2.33. The van der Waals surface area contributed by atoms with Crippen molar-refractivity contribution in [2.24, 2.45) is 17.8 Å². The number of aldehydes is 3. The van der Waals surface area contributed by atoms with E-state index in [9.17, 15) is 24.0 Å². The maximum Gasteiger partial charge on any atom is 0.321 e. The van der Waals surface area contributed by atoms with Crippen LogP contribution in [0, 0.1) is 17.8 Å². The second-order valence-corrected chi connectivity index (χ2v) is 15.4. The Morgan fingerprint density at radius 1 is 1.02 bits per heavy atom. The summed E-state index contributed by atoms with van der Waals surface area (Å²) in [7, 11) is 11.2. The van der Waals surface area contributed by atoms with Crippen LogP contribution in [0.2, 0.25) is 0 Å². The summed E-state index contributed by atoms with van der Waals surface area (Å²) < 4.78 is 10.7. The largest absolute Gasteiger partial charge is 0.480 e. The Kier molecular flexibility index (Phi) is 36.8. The van der Waals surface area contributed by atoms with Crippen LogP contribution in [0.25, 0.3) is 0 Å². The average Bonchev–Trinajstić information content (AvgIpc) is 3.59. The van der Waals surface area contributed by atoms with E-state index in [1.807, 2.05) is 71.5 Å². The number of thiol groups is 1. The highest BCUT2D eigenvalue weighted by atomic mass is 32.2. The molecule has 2 rings (SSSR count). The van der Waals surface area contributed by atoms with Gasteiger partial charge >= 0.3 is 5.97 Å². The molecule has 1 aliphatic heterocycles. The van der Waals surface area contributed by atoms with E-state index < -0.39 is 12.0 Å². The van der Waals surface area contributed by atoms with Gasteiger partial charge in [-0.05, 0) is 77.2 Å². The predicted octanol–water partition coefficient (Wildman–Crippen LogP) is 4.59. The number of carboxylic acids is 1. The molecule has 1 aromatic carbocycles. The highest BCUT2D eigenvalue weighted by molar-refractivity contribution is 7.79. The molecule has 55 heavy (non-hydrogen) atoms. The van der Waals surface area contributed by atoms with Crippen LogP contribution in [0.3, 0.4) is 0 Å². The van der Waals surface area contributed by atoms with Crippen LogP contribution in [0.5, 0.6) is 0 Å². The van der Waals surface area contributed by atoms with Crippen molar-refractivity contribution in [3.05, 3.63) is 35.9 Å². The van der Waals surface area contributed by atoms with E-state index in [0.717, 1.165) is 49.3 Å². The lowest BCUT2D eigenvalue weighted by Crippen LogP contribution is -2.44. The molecule has 0 aliphatic carbocycles. The lowest BCUT2D eigenvalue weighted by molar-refractivity contribution is -0.139. The summed E-state index contributed by atoms with van der Waals surface area (Å²) in [5.41, 5.74) is 1.03. The van der Waals surface area contributed by atoms with Crippen molar-refractivity contribution in [3.8, 4) is 0 Å². The molecule has 1 amide bonds. The van der Waals surface area contributed by atoms with Gasteiger partial charge in [-0.3, -0.25) is 9.59 Å². The van der Waals surface area contributed by atoms with Crippen LogP contribution in [0.1, 0.15) is 86.1 Å². The molecule has 1 aromatic rings. The summed E-state index contributed by atoms with van der Waals surface area (Å²) in [6, 6.07) is 9.82. The van der Waals surface area contributed by atoms with E-state index in [1.165, 1.54) is 12.8 Å². The smallest absolute Gasteiger partial charge is 0.321 e. The molecule has 0 aromatic heterocycles. The van der Waals surface area contributed by atoms with Crippen LogP contribution < -0.4 is 10.6 Å². The first-order valence-corrected chi connectivity index (χ1v) is 21.0. The van der Waals surface area contributed by atoms with E-state index in [0.29, 0.717) is 43.0 Å². The Bertz CT molecular complexity index is 1110. The molecular weight excluding hydrogens is 721 g/mol. The number of likely N-dealkylation sites (N-methyl/N-ethyl adjacent to an activating group) is 3. The molecule has 12 nitrogen and oxygen atoms in total. The number of rotatable bonds is 20. The minimum absolute atomic E-state index is 0.00412. The molecule has 8 unspecified atom stereocenters. The number of methoxy groups -OCH3 is 2. The fourth-order valence-corrected chi connectivity index (χ4v) is 7.12. The molecule has 1 heterocycles. The van der Waals surface area contributed by atoms with E-state index in [2.05, 4.69) is 55.2 Å². The Hall–Kier alpha value is -2.68. The van der Waals surface area contributed by atoms with E-state index in [4.69, 9.17) is 14.6 Å². The summed E-state index contributed by atoms with van der Waals surface area (Å²) in [4.78, 5) is 57.6. The minimum Gasteiger partial charge on any atom is -0.480 e. The summed E-state index contributed by atoms with van der Waals surface area (Å²) >= 11 is 1.05. The monoisotopic (exact) mass is 800 g/mol. The van der Waals surface area contributed by atoms with Gasteiger partial charge in [0.2, 0.25) is 0 Å². The average molecular weight is 800 g/mol.